The van der Waals surface area contributed by atoms with E-state index in [1.165, 1.54) is 7.11 Å². The molecule has 0 amide bonds. The van der Waals surface area contributed by atoms with Crippen LogP contribution in [0.15, 0.2) is 12.7 Å². The largest absolute Gasteiger partial charge is 0.480 e. The fourth-order valence-electron chi connectivity index (χ4n) is 2.11. The van der Waals surface area contributed by atoms with Crippen molar-refractivity contribution in [3.05, 3.63) is 12.7 Å². The summed E-state index contributed by atoms with van der Waals surface area (Å²) in [6.45, 7) is 2.52. The highest BCUT2D eigenvalue weighted by Crippen LogP contribution is 2.44. The summed E-state index contributed by atoms with van der Waals surface area (Å²) in [7, 11) is -3.25. The number of hydrogen-bond donors (Lipinski definition) is 3. The molecule has 10 nitrogen and oxygen atoms in total. The monoisotopic (exact) mass is 425 g/mol. The van der Waals surface area contributed by atoms with Crippen molar-refractivity contribution in [2.45, 2.75) is 57.1 Å². The highest BCUT2D eigenvalue weighted by molar-refractivity contribution is 7.47. The fourth-order valence-corrected chi connectivity index (χ4v) is 3.01. The van der Waals surface area contributed by atoms with Gasteiger partial charge < -0.3 is 25.2 Å². The predicted molar refractivity (Wildman–Crippen MR) is 102 cm³/mol. The maximum atomic E-state index is 11.9. The molecule has 0 saturated heterocycles. The highest BCUT2D eigenvalue weighted by Gasteiger charge is 2.29. The summed E-state index contributed by atoms with van der Waals surface area (Å²) < 4.78 is 31.2. The average molecular weight is 425 g/mol. The van der Waals surface area contributed by atoms with Crippen molar-refractivity contribution in [1.82, 2.24) is 0 Å². The summed E-state index contributed by atoms with van der Waals surface area (Å²) >= 11 is 0. The third-order valence-corrected chi connectivity index (χ3v) is 4.63. The molecule has 0 saturated carbocycles. The molecule has 28 heavy (non-hydrogen) atoms. The normalized spacial score (nSPS) is 15.4. The number of unbranched alkanes of at least 4 members (excludes halogenated alkanes) is 5. The van der Waals surface area contributed by atoms with Gasteiger partial charge in [0.25, 0.3) is 0 Å². The smallest absolute Gasteiger partial charge is 0.472 e. The maximum absolute atomic E-state index is 11.9. The minimum atomic E-state index is -4.59. The lowest BCUT2D eigenvalue weighted by atomic mass is 10.1. The number of phosphoric ester groups is 1. The molecule has 0 aromatic rings. The molecule has 1 unspecified atom stereocenters. The highest BCUT2D eigenvalue weighted by atomic mass is 31.2. The van der Waals surface area contributed by atoms with E-state index in [-0.39, 0.29) is 19.6 Å². The number of carbonyl (C=O) groups is 2. The Bertz CT molecular complexity index is 515. The van der Waals surface area contributed by atoms with Gasteiger partial charge in [0.2, 0.25) is 0 Å². The van der Waals surface area contributed by atoms with Gasteiger partial charge in [0.15, 0.2) is 0 Å². The quantitative estimate of drug-likeness (QED) is 0.128. The molecular formula is C17H32NO9P. The second-order valence-corrected chi connectivity index (χ2v) is 7.58. The number of hydrogen-bond acceptors (Lipinski definition) is 8. The Hall–Kier alpha value is -1.29. The molecule has 0 rings (SSSR count). The van der Waals surface area contributed by atoms with Gasteiger partial charge in [0.05, 0.1) is 13.2 Å². The molecule has 4 N–H and O–H groups in total. The molecule has 11 heteroatoms. The van der Waals surface area contributed by atoms with Gasteiger partial charge in [-0.15, -0.1) is 6.58 Å². The van der Waals surface area contributed by atoms with E-state index in [1.807, 2.05) is 6.08 Å². The van der Waals surface area contributed by atoms with Gasteiger partial charge in [0.1, 0.15) is 18.8 Å². The van der Waals surface area contributed by atoms with Crippen LogP contribution in [0.3, 0.4) is 0 Å². The molecule has 0 aliphatic rings. The van der Waals surface area contributed by atoms with Gasteiger partial charge in [-0.05, 0) is 19.3 Å². The van der Waals surface area contributed by atoms with E-state index in [9.17, 15) is 19.0 Å². The fraction of sp³-hybridized carbons (Fsp3) is 0.765. The zero-order valence-electron chi connectivity index (χ0n) is 16.3. The number of carbonyl (C=O) groups excluding carboxylic acids is 1. The molecule has 0 aromatic heterocycles. The summed E-state index contributed by atoms with van der Waals surface area (Å²) in [6, 6.07) is -1.47. The van der Waals surface area contributed by atoms with Gasteiger partial charge in [-0.25, -0.2) is 4.57 Å². The third kappa shape index (κ3) is 14.7. The van der Waals surface area contributed by atoms with Gasteiger partial charge in [-0.2, -0.15) is 0 Å². The van der Waals surface area contributed by atoms with Crippen LogP contribution in [0.5, 0.6) is 0 Å². The van der Waals surface area contributed by atoms with E-state index >= 15 is 0 Å². The van der Waals surface area contributed by atoms with Crippen molar-refractivity contribution in [3.8, 4) is 0 Å². The van der Waals surface area contributed by atoms with E-state index in [4.69, 9.17) is 24.8 Å². The number of carboxylic acids is 1. The number of allylic oxidation sites excluding steroid dienone is 1. The number of rotatable bonds is 18. The number of aliphatic carboxylic acids is 1. The van der Waals surface area contributed by atoms with E-state index in [1.54, 1.807) is 0 Å². The molecule has 0 spiro atoms. The van der Waals surface area contributed by atoms with Crippen LogP contribution in [0.1, 0.15) is 44.9 Å². The molecule has 164 valence electrons. The molecule has 0 aliphatic heterocycles. The zero-order chi connectivity index (χ0) is 21.4. The first-order valence-electron chi connectivity index (χ1n) is 9.11. The van der Waals surface area contributed by atoms with Gasteiger partial charge >= 0.3 is 19.8 Å². The molecule has 0 radical (unpaired) electrons. The number of ether oxygens (including phenoxy) is 2. The number of esters is 1. The lowest BCUT2D eigenvalue weighted by molar-refractivity contribution is -0.147. The predicted octanol–water partition coefficient (Wildman–Crippen LogP) is 2.01. The Morgan fingerprint density at radius 2 is 1.79 bits per heavy atom. The average Bonchev–Trinajstić information content (AvgIpc) is 2.63. The molecular weight excluding hydrogens is 393 g/mol. The maximum Gasteiger partial charge on any atom is 0.472 e. The van der Waals surface area contributed by atoms with Crippen molar-refractivity contribution < 1.29 is 42.7 Å². The Morgan fingerprint density at radius 1 is 1.14 bits per heavy atom. The standard InChI is InChI=1S/C17H32NO9P/c1-3-4-5-6-7-8-9-10-16(19)25-12-14(11-24-2)27-28(22,23)26-13-15(18)17(20)21/h3,14-15H,1,4-13,18H2,2H3,(H,20,21)(H,22,23)/t14-,15+/m1/s1. The number of nitrogens with two attached hydrogens (primary N) is 1. The van der Waals surface area contributed by atoms with Gasteiger partial charge in [-0.1, -0.05) is 25.3 Å². The number of phosphoric acid groups is 1. The first kappa shape index (κ1) is 26.7. The Labute approximate surface area is 165 Å². The Morgan fingerprint density at radius 3 is 2.39 bits per heavy atom. The van der Waals surface area contributed by atoms with Gasteiger partial charge in [-0.3, -0.25) is 18.6 Å². The van der Waals surface area contributed by atoms with Crippen LogP contribution in [0, 0.1) is 0 Å². The van der Waals surface area contributed by atoms with Crippen LogP contribution in [0.2, 0.25) is 0 Å². The van der Waals surface area contributed by atoms with Crippen LogP contribution in [0.4, 0.5) is 0 Å². The Kier molecular flexibility index (Phi) is 14.9. The lowest BCUT2D eigenvalue weighted by Gasteiger charge is -2.20. The molecule has 0 fully saturated rings. The zero-order valence-corrected chi connectivity index (χ0v) is 17.2. The third-order valence-electron chi connectivity index (χ3n) is 3.59. The van der Waals surface area contributed by atoms with Crippen molar-refractivity contribution in [2.75, 3.05) is 26.9 Å². The van der Waals surface area contributed by atoms with E-state index in [2.05, 4.69) is 11.1 Å². The minimum Gasteiger partial charge on any atom is -0.480 e. The molecule has 0 aromatic carbocycles. The summed E-state index contributed by atoms with van der Waals surface area (Å²) in [6.07, 6.45) is 6.86. The van der Waals surface area contributed by atoms with Crippen LogP contribution < -0.4 is 5.73 Å². The van der Waals surface area contributed by atoms with Crippen molar-refractivity contribution in [1.29, 1.82) is 0 Å². The van der Waals surface area contributed by atoms with Crippen LogP contribution in [-0.4, -0.2) is 61.0 Å². The molecule has 0 heterocycles. The molecule has 3 atom stereocenters. The second kappa shape index (κ2) is 15.6. The summed E-state index contributed by atoms with van der Waals surface area (Å²) in [5.41, 5.74) is 5.19. The van der Waals surface area contributed by atoms with E-state index < -0.39 is 38.5 Å². The van der Waals surface area contributed by atoms with Crippen LogP contribution in [0.25, 0.3) is 0 Å². The van der Waals surface area contributed by atoms with E-state index in [0.717, 1.165) is 32.1 Å². The first-order chi connectivity index (χ1) is 13.2. The van der Waals surface area contributed by atoms with E-state index in [0.29, 0.717) is 6.42 Å². The lowest BCUT2D eigenvalue weighted by Crippen LogP contribution is -2.35. The summed E-state index contributed by atoms with van der Waals surface area (Å²) in [5.74, 6) is -1.83. The Balaban J connectivity index is 4.17. The van der Waals surface area contributed by atoms with Crippen LogP contribution >= 0.6 is 7.82 Å². The first-order valence-corrected chi connectivity index (χ1v) is 10.6. The second-order valence-electron chi connectivity index (χ2n) is 6.17. The SMILES string of the molecule is C=CCCCCCCCC(=O)OC[C@@H](COC)OP(=O)(O)OC[C@H](N)C(=O)O. The van der Waals surface area contributed by atoms with Crippen LogP contribution in [-0.2, 0) is 32.7 Å². The molecule has 0 bridgehead atoms. The number of carboxylic acid groups (broad SMARTS) is 1. The van der Waals surface area contributed by atoms with Crippen molar-refractivity contribution >= 4 is 19.8 Å². The number of methoxy groups -OCH3 is 1. The van der Waals surface area contributed by atoms with Gasteiger partial charge in [0, 0.05) is 13.5 Å². The van der Waals surface area contributed by atoms with Crippen molar-refractivity contribution in [3.63, 3.8) is 0 Å². The topological polar surface area (TPSA) is 155 Å². The minimum absolute atomic E-state index is 0.129. The summed E-state index contributed by atoms with van der Waals surface area (Å²) in [4.78, 5) is 32.0. The molecule has 0 aliphatic carbocycles. The summed E-state index contributed by atoms with van der Waals surface area (Å²) in [5, 5.41) is 8.63. The van der Waals surface area contributed by atoms with Crippen molar-refractivity contribution in [2.24, 2.45) is 5.73 Å².